The Morgan fingerprint density at radius 1 is 0.917 bits per heavy atom. The maximum Gasteiger partial charge on any atom is 0.148 e. The summed E-state index contributed by atoms with van der Waals surface area (Å²) in [5, 5.41) is 26.8. The minimum absolute atomic E-state index is 0.145. The van der Waals surface area contributed by atoms with Crippen LogP contribution in [0.4, 0.5) is 10.1 Å². The van der Waals surface area contributed by atoms with Gasteiger partial charge in [-0.3, -0.25) is 0 Å². The monoisotopic (exact) mass is 314 g/mol. The van der Waals surface area contributed by atoms with Gasteiger partial charge in [-0.15, -0.1) is 0 Å². The lowest BCUT2D eigenvalue weighted by Gasteiger charge is -2.03. The standard InChI is InChI=1S/C19H11FN4/c20-19-9-15(18(12-23)16(10-21)11-22)6-5-14(19)4-1-13-2-7-17(24)8-3-13/h1-9H,24H2. The molecule has 4 nitrogen and oxygen atoms in total. The Morgan fingerprint density at radius 3 is 2.12 bits per heavy atom. The van der Waals surface area contributed by atoms with Gasteiger partial charge < -0.3 is 5.73 Å². The van der Waals surface area contributed by atoms with Crippen LogP contribution < -0.4 is 5.73 Å². The van der Waals surface area contributed by atoms with E-state index in [4.69, 9.17) is 21.5 Å². The number of hydrogen-bond donors (Lipinski definition) is 1. The molecule has 0 bridgehead atoms. The van der Waals surface area contributed by atoms with Crippen molar-refractivity contribution in [1.29, 1.82) is 15.8 Å². The molecule has 2 aromatic rings. The second-order valence-electron chi connectivity index (χ2n) is 4.82. The number of nitrogen functional groups attached to an aromatic ring is 1. The summed E-state index contributed by atoms with van der Waals surface area (Å²) in [6.45, 7) is 0. The van der Waals surface area contributed by atoms with E-state index in [2.05, 4.69) is 0 Å². The van der Waals surface area contributed by atoms with E-state index in [1.807, 2.05) is 0 Å². The van der Waals surface area contributed by atoms with E-state index in [1.165, 1.54) is 12.1 Å². The molecule has 0 aromatic heterocycles. The van der Waals surface area contributed by atoms with E-state index in [0.717, 1.165) is 11.6 Å². The molecule has 0 aliphatic rings. The van der Waals surface area contributed by atoms with Crippen LogP contribution in [0.1, 0.15) is 16.7 Å². The van der Waals surface area contributed by atoms with Crippen LogP contribution in [-0.4, -0.2) is 0 Å². The maximum absolute atomic E-state index is 14.2. The number of nitrogens with zero attached hydrogens (tertiary/aromatic N) is 3. The number of benzene rings is 2. The highest BCUT2D eigenvalue weighted by molar-refractivity contribution is 5.85. The van der Waals surface area contributed by atoms with Crippen molar-refractivity contribution in [2.75, 3.05) is 5.73 Å². The van der Waals surface area contributed by atoms with Crippen LogP contribution in [-0.2, 0) is 0 Å². The summed E-state index contributed by atoms with van der Waals surface area (Å²) in [6, 6.07) is 16.3. The van der Waals surface area contributed by atoms with Crippen molar-refractivity contribution >= 4 is 23.4 Å². The summed E-state index contributed by atoms with van der Waals surface area (Å²) in [5.41, 5.74) is 7.13. The van der Waals surface area contributed by atoms with Gasteiger partial charge in [0.2, 0.25) is 0 Å². The van der Waals surface area contributed by atoms with Crippen LogP contribution in [0, 0.1) is 39.8 Å². The van der Waals surface area contributed by atoms with Crippen LogP contribution in [0.5, 0.6) is 0 Å². The molecule has 0 saturated heterocycles. The van der Waals surface area contributed by atoms with Gasteiger partial charge in [0.05, 0.1) is 5.57 Å². The predicted molar refractivity (Wildman–Crippen MR) is 89.9 cm³/mol. The number of rotatable bonds is 3. The first-order valence-corrected chi connectivity index (χ1v) is 6.87. The highest BCUT2D eigenvalue weighted by Crippen LogP contribution is 2.22. The number of halogens is 1. The quantitative estimate of drug-likeness (QED) is 0.527. The molecule has 0 spiro atoms. The Labute approximate surface area is 138 Å². The highest BCUT2D eigenvalue weighted by Gasteiger charge is 2.10. The normalized spacial score (nSPS) is 9.75. The summed E-state index contributed by atoms with van der Waals surface area (Å²) < 4.78 is 14.2. The Hall–Kier alpha value is -3.88. The first-order chi connectivity index (χ1) is 11.6. The van der Waals surface area contributed by atoms with Crippen LogP contribution in [0.25, 0.3) is 17.7 Å². The fourth-order valence-electron chi connectivity index (χ4n) is 2.01. The van der Waals surface area contributed by atoms with Gasteiger partial charge in [0, 0.05) is 11.3 Å². The number of hydrogen-bond acceptors (Lipinski definition) is 4. The number of nitrogens with two attached hydrogens (primary N) is 1. The maximum atomic E-state index is 14.2. The molecule has 24 heavy (non-hydrogen) atoms. The number of nitriles is 3. The predicted octanol–water partition coefficient (Wildman–Crippen LogP) is 3.90. The molecule has 0 fully saturated rings. The molecule has 0 aliphatic carbocycles. The molecule has 0 amide bonds. The first kappa shape index (κ1) is 16.5. The highest BCUT2D eigenvalue weighted by atomic mass is 19.1. The molecule has 0 atom stereocenters. The summed E-state index contributed by atoms with van der Waals surface area (Å²) >= 11 is 0. The van der Waals surface area contributed by atoms with Gasteiger partial charge in [-0.1, -0.05) is 36.4 Å². The Kier molecular flexibility index (Phi) is 5.09. The lowest BCUT2D eigenvalue weighted by atomic mass is 10.00. The molecule has 5 heteroatoms. The van der Waals surface area contributed by atoms with Crippen LogP contribution in [0.15, 0.2) is 48.0 Å². The third-order valence-electron chi connectivity index (χ3n) is 3.27. The zero-order chi connectivity index (χ0) is 17.5. The minimum atomic E-state index is -0.554. The summed E-state index contributed by atoms with van der Waals surface area (Å²) in [7, 11) is 0. The average molecular weight is 314 g/mol. The molecule has 0 heterocycles. The SMILES string of the molecule is N#CC(C#N)=C(C#N)c1ccc(C=Cc2ccc(N)cc2)c(F)c1. The van der Waals surface area contributed by atoms with Crippen LogP contribution in [0.3, 0.4) is 0 Å². The van der Waals surface area contributed by atoms with Crippen molar-refractivity contribution in [1.82, 2.24) is 0 Å². The van der Waals surface area contributed by atoms with Crippen molar-refractivity contribution in [3.63, 3.8) is 0 Å². The second kappa shape index (κ2) is 7.40. The summed E-state index contributed by atoms with van der Waals surface area (Å²) in [6.07, 6.45) is 3.32. The van der Waals surface area contributed by atoms with Crippen molar-refractivity contribution < 1.29 is 4.39 Å². The van der Waals surface area contributed by atoms with E-state index in [1.54, 1.807) is 54.6 Å². The van der Waals surface area contributed by atoms with Crippen molar-refractivity contribution in [3.8, 4) is 18.2 Å². The van der Waals surface area contributed by atoms with Gasteiger partial charge in [-0.05, 0) is 29.3 Å². The Bertz CT molecular complexity index is 933. The Morgan fingerprint density at radius 2 is 1.58 bits per heavy atom. The molecule has 0 saturated carbocycles. The third kappa shape index (κ3) is 3.65. The Balaban J connectivity index is 2.36. The van der Waals surface area contributed by atoms with Crippen molar-refractivity contribution in [3.05, 3.63) is 70.5 Å². The third-order valence-corrected chi connectivity index (χ3v) is 3.27. The van der Waals surface area contributed by atoms with Gasteiger partial charge in [-0.25, -0.2) is 4.39 Å². The molecule has 114 valence electrons. The molecule has 2 aromatic carbocycles. The van der Waals surface area contributed by atoms with E-state index in [9.17, 15) is 4.39 Å². The van der Waals surface area contributed by atoms with Crippen LogP contribution >= 0.6 is 0 Å². The molecule has 2 rings (SSSR count). The molecule has 0 aliphatic heterocycles. The van der Waals surface area contributed by atoms with Gasteiger partial charge in [0.15, 0.2) is 0 Å². The second-order valence-corrected chi connectivity index (χ2v) is 4.82. The first-order valence-electron chi connectivity index (χ1n) is 6.87. The van der Waals surface area contributed by atoms with Crippen molar-refractivity contribution in [2.45, 2.75) is 0 Å². The lowest BCUT2D eigenvalue weighted by Crippen LogP contribution is -1.90. The molecule has 2 N–H and O–H groups in total. The molecular formula is C19H11FN4. The largest absolute Gasteiger partial charge is 0.399 e. The number of anilines is 1. The fraction of sp³-hybridized carbons (Fsp3) is 0. The van der Waals surface area contributed by atoms with E-state index < -0.39 is 5.82 Å². The van der Waals surface area contributed by atoms with E-state index in [-0.39, 0.29) is 16.7 Å². The topological polar surface area (TPSA) is 97.4 Å². The van der Waals surface area contributed by atoms with E-state index >= 15 is 0 Å². The van der Waals surface area contributed by atoms with E-state index in [0.29, 0.717) is 11.3 Å². The number of allylic oxidation sites excluding steroid dienone is 2. The van der Waals surface area contributed by atoms with Gasteiger partial charge >= 0.3 is 0 Å². The summed E-state index contributed by atoms with van der Waals surface area (Å²) in [4.78, 5) is 0. The summed E-state index contributed by atoms with van der Waals surface area (Å²) in [5.74, 6) is -0.554. The van der Waals surface area contributed by atoms with Crippen molar-refractivity contribution in [2.24, 2.45) is 0 Å². The van der Waals surface area contributed by atoms with Gasteiger partial charge in [0.25, 0.3) is 0 Å². The fourth-order valence-corrected chi connectivity index (χ4v) is 2.01. The molecule has 0 radical (unpaired) electrons. The lowest BCUT2D eigenvalue weighted by molar-refractivity contribution is 0.625. The average Bonchev–Trinajstić information content (AvgIpc) is 2.60. The zero-order valence-corrected chi connectivity index (χ0v) is 12.5. The molecule has 0 unspecified atom stereocenters. The minimum Gasteiger partial charge on any atom is -0.399 e. The van der Waals surface area contributed by atoms with Gasteiger partial charge in [-0.2, -0.15) is 15.8 Å². The smallest absolute Gasteiger partial charge is 0.148 e. The zero-order valence-electron chi connectivity index (χ0n) is 12.5. The van der Waals surface area contributed by atoms with Crippen LogP contribution in [0.2, 0.25) is 0 Å². The molecular weight excluding hydrogens is 303 g/mol. The van der Waals surface area contributed by atoms with Gasteiger partial charge in [0.1, 0.15) is 29.6 Å².